The van der Waals surface area contributed by atoms with Crippen molar-refractivity contribution < 1.29 is 9.59 Å². The molecule has 2 aliphatic rings. The lowest BCUT2D eigenvalue weighted by atomic mass is 9.86. The van der Waals surface area contributed by atoms with Crippen molar-refractivity contribution in [3.63, 3.8) is 0 Å². The normalized spacial score (nSPS) is 26.2. The average molecular weight is 369 g/mol. The molecule has 144 valence electrons. The summed E-state index contributed by atoms with van der Waals surface area (Å²) in [7, 11) is 1.90. The highest BCUT2D eigenvalue weighted by Crippen LogP contribution is 2.32. The van der Waals surface area contributed by atoms with Gasteiger partial charge in [0.25, 0.3) is 0 Å². The summed E-state index contributed by atoms with van der Waals surface area (Å²) < 4.78 is 1.82. The van der Waals surface area contributed by atoms with Crippen LogP contribution >= 0.6 is 0 Å². The van der Waals surface area contributed by atoms with Gasteiger partial charge in [-0.2, -0.15) is 5.10 Å². The molecular weight excluding hydrogens is 342 g/mol. The molecule has 2 heterocycles. The van der Waals surface area contributed by atoms with Crippen LogP contribution in [0.25, 0.3) is 10.9 Å². The molecule has 0 radical (unpaired) electrons. The van der Waals surface area contributed by atoms with Crippen molar-refractivity contribution in [2.45, 2.75) is 50.5 Å². The molecule has 1 aromatic carbocycles. The summed E-state index contributed by atoms with van der Waals surface area (Å²) in [6, 6.07) is 6.68. The quantitative estimate of drug-likeness (QED) is 0.716. The fraction of sp³-hybridized carbons (Fsp3) is 0.550. The minimum Gasteiger partial charge on any atom is -0.382 e. The fourth-order valence-corrected chi connectivity index (χ4v) is 4.37. The van der Waals surface area contributed by atoms with Crippen LogP contribution in [0, 0.1) is 5.92 Å². The molecule has 7 heteroatoms. The highest BCUT2D eigenvalue weighted by Gasteiger charge is 2.31. The number of piperidine rings is 1. The molecular formula is C20H27N5O2. The van der Waals surface area contributed by atoms with Crippen LogP contribution in [0.5, 0.6) is 0 Å². The molecule has 0 bridgehead atoms. The van der Waals surface area contributed by atoms with Crippen LogP contribution in [0.1, 0.15) is 50.1 Å². The molecule has 2 fully saturated rings. The molecule has 1 saturated heterocycles. The van der Waals surface area contributed by atoms with Crippen LogP contribution < -0.4 is 16.4 Å². The number of rotatable bonds is 4. The largest absolute Gasteiger partial charge is 0.382 e. The number of aryl methyl sites for hydroxylation is 1. The third kappa shape index (κ3) is 3.56. The van der Waals surface area contributed by atoms with Crippen LogP contribution in [-0.2, 0) is 16.6 Å². The van der Waals surface area contributed by atoms with Crippen molar-refractivity contribution in [2.75, 3.05) is 11.9 Å². The molecule has 7 nitrogen and oxygen atoms in total. The van der Waals surface area contributed by atoms with Gasteiger partial charge in [0.05, 0.1) is 17.1 Å². The molecule has 1 atom stereocenters. The van der Waals surface area contributed by atoms with Gasteiger partial charge < -0.3 is 11.1 Å². The van der Waals surface area contributed by atoms with Gasteiger partial charge in [0.15, 0.2) is 0 Å². The zero-order valence-corrected chi connectivity index (χ0v) is 15.7. The first-order valence-corrected chi connectivity index (χ1v) is 9.82. The van der Waals surface area contributed by atoms with Crippen molar-refractivity contribution in [3.05, 3.63) is 23.9 Å². The predicted octanol–water partition coefficient (Wildman–Crippen LogP) is 2.02. The number of imide groups is 1. The maximum absolute atomic E-state index is 12.2. The smallest absolute Gasteiger partial charge is 0.235 e. The molecule has 1 aliphatic heterocycles. The topological polar surface area (TPSA) is 102 Å². The predicted molar refractivity (Wildman–Crippen MR) is 104 cm³/mol. The number of hydrogen-bond acceptors (Lipinski definition) is 5. The van der Waals surface area contributed by atoms with Crippen molar-refractivity contribution in [3.8, 4) is 0 Å². The molecule has 4 N–H and O–H groups in total. The molecule has 1 saturated carbocycles. The number of aromatic nitrogens is 2. The second kappa shape index (κ2) is 7.31. The SMILES string of the molecule is Cn1nc(C2CCC(=O)NC2=O)c2ccc(NC3CCC(CN)CC3)cc21. The molecule has 27 heavy (non-hydrogen) atoms. The van der Waals surface area contributed by atoms with E-state index in [2.05, 4.69) is 27.9 Å². The van der Waals surface area contributed by atoms with E-state index in [1.165, 1.54) is 12.8 Å². The van der Waals surface area contributed by atoms with Crippen molar-refractivity contribution in [1.82, 2.24) is 15.1 Å². The van der Waals surface area contributed by atoms with Gasteiger partial charge in [0.1, 0.15) is 0 Å². The number of hydrogen-bond donors (Lipinski definition) is 3. The second-order valence-corrected chi connectivity index (χ2v) is 7.84. The Bertz CT molecular complexity index is 867. The maximum Gasteiger partial charge on any atom is 0.235 e. The Morgan fingerprint density at radius 1 is 1.22 bits per heavy atom. The van der Waals surface area contributed by atoms with Gasteiger partial charge in [-0.05, 0) is 62.8 Å². The Labute approximate surface area is 158 Å². The van der Waals surface area contributed by atoms with Gasteiger partial charge in [-0.15, -0.1) is 0 Å². The Morgan fingerprint density at radius 2 is 2.00 bits per heavy atom. The van der Waals surface area contributed by atoms with Gasteiger partial charge in [-0.1, -0.05) is 0 Å². The van der Waals surface area contributed by atoms with E-state index in [0.29, 0.717) is 24.8 Å². The third-order valence-electron chi connectivity index (χ3n) is 6.00. The van der Waals surface area contributed by atoms with Crippen LogP contribution in [-0.4, -0.2) is 34.2 Å². The molecule has 2 amide bonds. The monoisotopic (exact) mass is 369 g/mol. The van der Waals surface area contributed by atoms with Crippen molar-refractivity contribution in [1.29, 1.82) is 0 Å². The first-order chi connectivity index (χ1) is 13.0. The highest BCUT2D eigenvalue weighted by atomic mass is 16.2. The van der Waals surface area contributed by atoms with Gasteiger partial charge in [0, 0.05) is 30.6 Å². The standard InChI is InChI=1S/C20H27N5O2/c1-25-17-10-14(22-13-4-2-12(11-21)3-5-13)6-7-15(17)19(24-25)16-8-9-18(26)23-20(16)27/h6-7,10,12-13,16,22H,2-5,8-9,11,21H2,1H3,(H,23,26,27). The number of anilines is 1. The summed E-state index contributed by atoms with van der Waals surface area (Å²) in [6.07, 6.45) is 5.53. The van der Waals surface area contributed by atoms with E-state index in [1.54, 1.807) is 0 Å². The number of amides is 2. The maximum atomic E-state index is 12.2. The summed E-state index contributed by atoms with van der Waals surface area (Å²) in [5, 5.41) is 11.6. The second-order valence-electron chi connectivity index (χ2n) is 7.84. The third-order valence-corrected chi connectivity index (χ3v) is 6.00. The number of nitrogens with two attached hydrogens (primary N) is 1. The lowest BCUT2D eigenvalue weighted by molar-refractivity contribution is -0.134. The Balaban J connectivity index is 1.54. The summed E-state index contributed by atoms with van der Waals surface area (Å²) in [6.45, 7) is 0.789. The lowest BCUT2D eigenvalue weighted by Gasteiger charge is -2.29. The van der Waals surface area contributed by atoms with E-state index in [9.17, 15) is 9.59 Å². The van der Waals surface area contributed by atoms with Crippen LogP contribution in [0.4, 0.5) is 5.69 Å². The Hall–Kier alpha value is -2.41. The van der Waals surface area contributed by atoms with Gasteiger partial charge in [-0.25, -0.2) is 0 Å². The first-order valence-electron chi connectivity index (χ1n) is 9.82. The molecule has 4 rings (SSSR count). The first kappa shape index (κ1) is 18.0. The van der Waals surface area contributed by atoms with E-state index in [4.69, 9.17) is 5.73 Å². The zero-order chi connectivity index (χ0) is 19.0. The van der Waals surface area contributed by atoms with E-state index in [0.717, 1.165) is 41.7 Å². The van der Waals surface area contributed by atoms with Crippen molar-refractivity contribution in [2.24, 2.45) is 18.7 Å². The fourth-order valence-electron chi connectivity index (χ4n) is 4.37. The zero-order valence-electron chi connectivity index (χ0n) is 15.7. The van der Waals surface area contributed by atoms with Gasteiger partial charge in [-0.3, -0.25) is 19.6 Å². The van der Waals surface area contributed by atoms with E-state index < -0.39 is 0 Å². The molecule has 1 aromatic heterocycles. The van der Waals surface area contributed by atoms with Crippen molar-refractivity contribution >= 4 is 28.4 Å². The summed E-state index contributed by atoms with van der Waals surface area (Å²) in [5.41, 5.74) is 8.62. The minimum absolute atomic E-state index is 0.202. The number of carbonyl (C=O) groups excluding carboxylic acids is 2. The Morgan fingerprint density at radius 3 is 2.70 bits per heavy atom. The van der Waals surface area contributed by atoms with E-state index >= 15 is 0 Å². The highest BCUT2D eigenvalue weighted by molar-refractivity contribution is 6.02. The van der Waals surface area contributed by atoms with Gasteiger partial charge >= 0.3 is 0 Å². The number of nitrogens with zero attached hydrogens (tertiary/aromatic N) is 2. The molecule has 1 unspecified atom stereocenters. The summed E-state index contributed by atoms with van der Waals surface area (Å²) >= 11 is 0. The van der Waals surface area contributed by atoms with Crippen LogP contribution in [0.3, 0.4) is 0 Å². The summed E-state index contributed by atoms with van der Waals surface area (Å²) in [5.74, 6) is -0.145. The average Bonchev–Trinajstić information content (AvgIpc) is 2.98. The number of nitrogens with one attached hydrogen (secondary N) is 2. The lowest BCUT2D eigenvalue weighted by Crippen LogP contribution is -2.39. The van der Waals surface area contributed by atoms with Crippen LogP contribution in [0.2, 0.25) is 0 Å². The van der Waals surface area contributed by atoms with E-state index in [-0.39, 0.29) is 17.7 Å². The summed E-state index contributed by atoms with van der Waals surface area (Å²) in [4.78, 5) is 23.7. The van der Waals surface area contributed by atoms with Gasteiger partial charge in [0.2, 0.25) is 11.8 Å². The molecule has 2 aromatic rings. The molecule has 0 spiro atoms. The number of fused-ring (bicyclic) bond motifs is 1. The Kier molecular flexibility index (Phi) is 4.86. The number of carbonyl (C=O) groups is 2. The van der Waals surface area contributed by atoms with E-state index in [1.807, 2.05) is 17.8 Å². The van der Waals surface area contributed by atoms with Crippen LogP contribution in [0.15, 0.2) is 18.2 Å². The molecule has 1 aliphatic carbocycles. The number of benzene rings is 1. The minimum atomic E-state index is -0.364.